The molecule has 1 aromatic rings. The maximum Gasteiger partial charge on any atom is 0.205 e. The van der Waals surface area contributed by atoms with Gasteiger partial charge in [-0.05, 0) is 0 Å². The van der Waals surface area contributed by atoms with Gasteiger partial charge in [0.2, 0.25) is 5.13 Å². The van der Waals surface area contributed by atoms with E-state index in [1.54, 1.807) is 0 Å². The fourth-order valence-electron chi connectivity index (χ4n) is 2.03. The monoisotopic (exact) mass is 284 g/mol. The van der Waals surface area contributed by atoms with Crippen LogP contribution in [-0.4, -0.2) is 47.7 Å². The normalized spacial score (nSPS) is 20.5. The maximum absolute atomic E-state index is 5.60. The molecule has 1 aliphatic heterocycles. The van der Waals surface area contributed by atoms with Crippen molar-refractivity contribution in [2.24, 2.45) is 0 Å². The summed E-state index contributed by atoms with van der Waals surface area (Å²) in [5.74, 6) is 1.33. The minimum absolute atomic E-state index is 0.351. The topological polar surface area (TPSA) is 50.3 Å². The first kappa shape index (κ1) is 14.7. The lowest BCUT2D eigenvalue weighted by molar-refractivity contribution is 0.0931. The van der Waals surface area contributed by atoms with E-state index in [1.165, 1.54) is 11.5 Å². The largest absolute Gasteiger partial charge is 0.377 e. The minimum Gasteiger partial charge on any atom is -0.377 e. The van der Waals surface area contributed by atoms with Crippen LogP contribution in [0.1, 0.15) is 39.4 Å². The highest BCUT2D eigenvalue weighted by Gasteiger charge is 2.26. The molecule has 5 nitrogen and oxygen atoms in total. The number of rotatable bonds is 5. The molecule has 0 radical (unpaired) electrons. The van der Waals surface area contributed by atoms with Crippen LogP contribution in [0.3, 0.4) is 0 Å². The van der Waals surface area contributed by atoms with Crippen LogP contribution in [0.25, 0.3) is 0 Å². The summed E-state index contributed by atoms with van der Waals surface area (Å²) in [5, 5.41) is 4.51. The zero-order valence-electron chi connectivity index (χ0n) is 12.2. The second-order valence-electron chi connectivity index (χ2n) is 5.57. The Bertz CT molecular complexity index is 394. The van der Waals surface area contributed by atoms with Crippen molar-refractivity contribution in [3.05, 3.63) is 5.82 Å². The Hall–Kier alpha value is -0.720. The van der Waals surface area contributed by atoms with Gasteiger partial charge in [0.1, 0.15) is 5.82 Å². The quantitative estimate of drug-likeness (QED) is 0.894. The van der Waals surface area contributed by atoms with Crippen molar-refractivity contribution in [2.45, 2.75) is 45.7 Å². The molecule has 108 valence electrons. The first-order chi connectivity index (χ1) is 9.08. The molecule has 1 atom stereocenters. The molecule has 1 aliphatic rings. The van der Waals surface area contributed by atoms with E-state index in [-0.39, 0.29) is 0 Å². The van der Waals surface area contributed by atoms with E-state index in [0.717, 1.165) is 37.3 Å². The SMILES string of the molecule is CC(C)NCC1COCCN1c1nc(C(C)C)ns1. The van der Waals surface area contributed by atoms with E-state index in [4.69, 9.17) is 4.74 Å². The van der Waals surface area contributed by atoms with Gasteiger partial charge in [-0.3, -0.25) is 0 Å². The Kier molecular flexibility index (Phi) is 5.13. The lowest BCUT2D eigenvalue weighted by Gasteiger charge is -2.35. The average Bonchev–Trinajstić information content (AvgIpc) is 2.86. The fraction of sp³-hybridized carbons (Fsp3) is 0.846. The van der Waals surface area contributed by atoms with Crippen molar-refractivity contribution in [3.63, 3.8) is 0 Å². The number of morpholine rings is 1. The number of aromatic nitrogens is 2. The summed E-state index contributed by atoms with van der Waals surface area (Å²) in [7, 11) is 0. The Morgan fingerprint density at radius 3 is 2.84 bits per heavy atom. The summed E-state index contributed by atoms with van der Waals surface area (Å²) in [6.07, 6.45) is 0. The molecule has 6 heteroatoms. The molecular formula is C13H24N4OS. The smallest absolute Gasteiger partial charge is 0.205 e. The summed E-state index contributed by atoms with van der Waals surface area (Å²) >= 11 is 1.50. The van der Waals surface area contributed by atoms with E-state index in [1.807, 2.05) is 0 Å². The van der Waals surface area contributed by atoms with Crippen LogP contribution >= 0.6 is 11.5 Å². The third-order valence-corrected chi connectivity index (χ3v) is 3.95. The van der Waals surface area contributed by atoms with Gasteiger partial charge in [-0.1, -0.05) is 27.7 Å². The predicted octanol–water partition coefficient (Wildman–Crippen LogP) is 1.86. The van der Waals surface area contributed by atoms with Gasteiger partial charge in [0, 0.05) is 36.6 Å². The lowest BCUT2D eigenvalue weighted by Crippen LogP contribution is -2.51. The van der Waals surface area contributed by atoms with Crippen molar-refractivity contribution >= 4 is 16.7 Å². The van der Waals surface area contributed by atoms with E-state index in [0.29, 0.717) is 18.0 Å². The molecule has 2 heterocycles. The molecule has 1 saturated heterocycles. The molecule has 0 amide bonds. The molecule has 2 rings (SSSR count). The van der Waals surface area contributed by atoms with E-state index >= 15 is 0 Å². The first-order valence-electron chi connectivity index (χ1n) is 6.99. The molecule has 19 heavy (non-hydrogen) atoms. The molecule has 0 saturated carbocycles. The zero-order valence-corrected chi connectivity index (χ0v) is 13.0. The first-order valence-corrected chi connectivity index (χ1v) is 7.76. The lowest BCUT2D eigenvalue weighted by atomic mass is 10.2. The van der Waals surface area contributed by atoms with E-state index < -0.39 is 0 Å². The van der Waals surface area contributed by atoms with Crippen LogP contribution in [0.15, 0.2) is 0 Å². The van der Waals surface area contributed by atoms with Crippen LogP contribution in [0.4, 0.5) is 5.13 Å². The second kappa shape index (κ2) is 6.63. The van der Waals surface area contributed by atoms with Gasteiger partial charge >= 0.3 is 0 Å². The van der Waals surface area contributed by atoms with Crippen LogP contribution < -0.4 is 10.2 Å². The third kappa shape index (κ3) is 3.87. The minimum atomic E-state index is 0.351. The van der Waals surface area contributed by atoms with Gasteiger partial charge in [0.15, 0.2) is 0 Å². The van der Waals surface area contributed by atoms with Crippen molar-refractivity contribution in [1.29, 1.82) is 0 Å². The molecular weight excluding hydrogens is 260 g/mol. The van der Waals surface area contributed by atoms with E-state index in [9.17, 15) is 0 Å². The van der Waals surface area contributed by atoms with Gasteiger partial charge in [-0.2, -0.15) is 4.37 Å². The molecule has 1 unspecified atom stereocenters. The molecule has 0 aliphatic carbocycles. The predicted molar refractivity (Wildman–Crippen MR) is 79.1 cm³/mol. The van der Waals surface area contributed by atoms with Crippen LogP contribution in [0, 0.1) is 0 Å². The number of ether oxygens (including phenoxy) is 1. The molecule has 0 spiro atoms. The van der Waals surface area contributed by atoms with E-state index in [2.05, 4.69) is 47.3 Å². The van der Waals surface area contributed by atoms with Crippen LogP contribution in [0.2, 0.25) is 0 Å². The second-order valence-corrected chi connectivity index (χ2v) is 6.31. The Labute approximate surface area is 119 Å². The summed E-state index contributed by atoms with van der Waals surface area (Å²) in [4.78, 5) is 7.00. The van der Waals surface area contributed by atoms with Crippen molar-refractivity contribution in [2.75, 3.05) is 31.2 Å². The summed E-state index contributed by atoms with van der Waals surface area (Å²) in [6, 6.07) is 0.841. The highest BCUT2D eigenvalue weighted by Crippen LogP contribution is 2.24. The number of anilines is 1. The van der Waals surface area contributed by atoms with Crippen LogP contribution in [0.5, 0.6) is 0 Å². The third-order valence-electron chi connectivity index (χ3n) is 3.18. The highest BCUT2D eigenvalue weighted by atomic mass is 32.1. The summed E-state index contributed by atoms with van der Waals surface area (Å²) < 4.78 is 10.0. The Morgan fingerprint density at radius 1 is 1.42 bits per heavy atom. The number of hydrogen-bond donors (Lipinski definition) is 1. The van der Waals surface area contributed by atoms with Gasteiger partial charge in [0.05, 0.1) is 19.3 Å². The van der Waals surface area contributed by atoms with Gasteiger partial charge in [0.25, 0.3) is 0 Å². The average molecular weight is 284 g/mol. The molecule has 0 bridgehead atoms. The van der Waals surface area contributed by atoms with Crippen molar-refractivity contribution in [3.8, 4) is 0 Å². The number of nitrogens with zero attached hydrogens (tertiary/aromatic N) is 3. The fourth-order valence-corrected chi connectivity index (χ4v) is 2.93. The number of hydrogen-bond acceptors (Lipinski definition) is 6. The van der Waals surface area contributed by atoms with Crippen molar-refractivity contribution in [1.82, 2.24) is 14.7 Å². The molecule has 1 N–H and O–H groups in total. The Morgan fingerprint density at radius 2 is 2.21 bits per heavy atom. The maximum atomic E-state index is 5.60. The number of nitrogens with one attached hydrogen (secondary N) is 1. The van der Waals surface area contributed by atoms with Crippen LogP contribution in [-0.2, 0) is 4.74 Å². The zero-order chi connectivity index (χ0) is 13.8. The summed E-state index contributed by atoms with van der Waals surface area (Å²) in [6.45, 7) is 11.9. The standard InChI is InChI=1S/C13H24N4OS/c1-9(2)12-15-13(19-16-12)17-5-6-18-8-11(17)7-14-10(3)4/h9-11,14H,5-8H2,1-4H3. The summed E-state index contributed by atoms with van der Waals surface area (Å²) in [5.41, 5.74) is 0. The Balaban J connectivity index is 2.05. The molecule has 1 aromatic heterocycles. The molecule has 0 aromatic carbocycles. The van der Waals surface area contributed by atoms with Gasteiger partial charge in [-0.15, -0.1) is 0 Å². The molecule has 1 fully saturated rings. The highest BCUT2D eigenvalue weighted by molar-refractivity contribution is 7.09. The van der Waals surface area contributed by atoms with Gasteiger partial charge in [-0.25, -0.2) is 4.98 Å². The van der Waals surface area contributed by atoms with Crippen molar-refractivity contribution < 1.29 is 4.74 Å². The van der Waals surface area contributed by atoms with Gasteiger partial charge < -0.3 is 15.0 Å².